The van der Waals surface area contributed by atoms with Crippen molar-refractivity contribution in [1.29, 1.82) is 5.26 Å². The molecule has 16 nitrogen and oxygen atoms in total. The molecule has 0 radical (unpaired) electrons. The van der Waals surface area contributed by atoms with Crippen molar-refractivity contribution < 1.29 is 52.3 Å². The zero-order valence-corrected chi connectivity index (χ0v) is 26.9. The lowest BCUT2D eigenvalue weighted by atomic mass is 9.83. The molecule has 3 heterocycles. The first-order chi connectivity index (χ1) is 23.4. The zero-order chi connectivity index (χ0) is 35.2. The summed E-state index contributed by atoms with van der Waals surface area (Å²) in [5.41, 5.74) is 8.35. The first-order valence-electron chi connectivity index (χ1n) is 15.1. The molecule has 0 spiro atoms. The molecule has 5 rings (SSSR count). The zero-order valence-electron chi connectivity index (χ0n) is 26.9. The van der Waals surface area contributed by atoms with Gasteiger partial charge >= 0.3 is 23.9 Å². The molecule has 49 heavy (non-hydrogen) atoms. The Morgan fingerprint density at radius 1 is 0.918 bits per heavy atom. The SMILES string of the molecule is CC(=O)OC[C@H]1O[C@@H](n2cc(COc3ccc4c(c3)OC(N)=C(C#N)C4c3ccccc3)nn2)[C@H](OC(C)=O)[C@@H](OC(C)=O)[C@@H]1OC(C)=O. The number of hydrogen-bond donors (Lipinski definition) is 1. The maximum atomic E-state index is 12.2. The Morgan fingerprint density at radius 3 is 2.24 bits per heavy atom. The molecule has 0 aliphatic carbocycles. The summed E-state index contributed by atoms with van der Waals surface area (Å²) in [5, 5.41) is 18.1. The van der Waals surface area contributed by atoms with Gasteiger partial charge in [0.15, 0.2) is 24.5 Å². The first kappa shape index (κ1) is 34.4. The Balaban J connectivity index is 1.39. The van der Waals surface area contributed by atoms with Gasteiger partial charge in [-0.15, -0.1) is 5.10 Å². The second-order valence-electron chi connectivity index (χ2n) is 11.1. The van der Waals surface area contributed by atoms with Gasteiger partial charge in [0.25, 0.3) is 0 Å². The molecule has 0 saturated carbocycles. The Kier molecular flexibility index (Phi) is 10.4. The fraction of sp³-hybridized carbons (Fsp3) is 0.364. The van der Waals surface area contributed by atoms with Crippen molar-refractivity contribution in [2.24, 2.45) is 5.73 Å². The van der Waals surface area contributed by atoms with Crippen LogP contribution in [0.15, 0.2) is 66.2 Å². The monoisotopic (exact) mass is 675 g/mol. The molecule has 0 amide bonds. The molecular weight excluding hydrogens is 642 g/mol. The van der Waals surface area contributed by atoms with Crippen molar-refractivity contribution in [1.82, 2.24) is 15.0 Å². The minimum atomic E-state index is -1.37. The molecule has 2 aromatic carbocycles. The third-order valence-electron chi connectivity index (χ3n) is 7.49. The van der Waals surface area contributed by atoms with Crippen LogP contribution in [0.4, 0.5) is 0 Å². The number of allylic oxidation sites excluding steroid dienone is 1. The fourth-order valence-electron chi connectivity index (χ4n) is 5.59. The normalized spacial score (nSPS) is 22.8. The molecule has 3 aromatic rings. The molecule has 16 heteroatoms. The minimum Gasteiger partial charge on any atom is -0.487 e. The molecule has 1 fully saturated rings. The van der Waals surface area contributed by atoms with E-state index in [0.717, 1.165) is 31.9 Å². The number of nitriles is 1. The lowest BCUT2D eigenvalue weighted by molar-refractivity contribution is -0.270. The highest BCUT2D eigenvalue weighted by molar-refractivity contribution is 5.68. The van der Waals surface area contributed by atoms with Gasteiger partial charge < -0.3 is 38.9 Å². The molecule has 2 N–H and O–H groups in total. The second kappa shape index (κ2) is 14.9. The van der Waals surface area contributed by atoms with E-state index in [4.69, 9.17) is 38.9 Å². The van der Waals surface area contributed by atoms with Gasteiger partial charge in [-0.05, 0) is 11.6 Å². The van der Waals surface area contributed by atoms with E-state index in [2.05, 4.69) is 16.4 Å². The number of nitrogens with two attached hydrogens (primary N) is 1. The summed E-state index contributed by atoms with van der Waals surface area (Å²) >= 11 is 0. The highest BCUT2D eigenvalue weighted by Gasteiger charge is 2.53. The molecule has 0 bridgehead atoms. The van der Waals surface area contributed by atoms with E-state index < -0.39 is 60.4 Å². The predicted octanol–water partition coefficient (Wildman–Crippen LogP) is 2.33. The maximum absolute atomic E-state index is 12.2. The van der Waals surface area contributed by atoms with Crippen LogP contribution in [0.5, 0.6) is 11.5 Å². The predicted molar refractivity (Wildman–Crippen MR) is 164 cm³/mol. The van der Waals surface area contributed by atoms with E-state index in [1.54, 1.807) is 18.2 Å². The van der Waals surface area contributed by atoms with Gasteiger partial charge in [-0.25, -0.2) is 4.68 Å². The lowest BCUT2D eigenvalue weighted by Gasteiger charge is -2.44. The third kappa shape index (κ3) is 7.96. The van der Waals surface area contributed by atoms with E-state index >= 15 is 0 Å². The number of ether oxygens (including phenoxy) is 7. The number of carbonyl (C=O) groups excluding carboxylic acids is 4. The van der Waals surface area contributed by atoms with Gasteiger partial charge in [0, 0.05) is 39.3 Å². The van der Waals surface area contributed by atoms with Crippen LogP contribution in [0.25, 0.3) is 0 Å². The average molecular weight is 676 g/mol. The maximum Gasteiger partial charge on any atom is 0.303 e. The topological polar surface area (TPSA) is 213 Å². The number of carbonyl (C=O) groups is 4. The number of nitrogens with zero attached hydrogens (tertiary/aromatic N) is 4. The smallest absolute Gasteiger partial charge is 0.303 e. The van der Waals surface area contributed by atoms with E-state index in [-0.39, 0.29) is 19.1 Å². The van der Waals surface area contributed by atoms with Crippen LogP contribution in [0.1, 0.15) is 56.7 Å². The Bertz CT molecular complexity index is 1800. The lowest BCUT2D eigenvalue weighted by Crippen LogP contribution is -2.60. The van der Waals surface area contributed by atoms with Gasteiger partial charge in [0.1, 0.15) is 48.2 Å². The van der Waals surface area contributed by atoms with Gasteiger partial charge in [0.2, 0.25) is 5.88 Å². The van der Waals surface area contributed by atoms with Crippen LogP contribution in [0.3, 0.4) is 0 Å². The Hall–Kier alpha value is -5.95. The van der Waals surface area contributed by atoms with Gasteiger partial charge in [-0.2, -0.15) is 5.26 Å². The standard InChI is InChI=1S/C33H33N5O11/c1-17(39)43-16-27-29(45-18(2)40)30(46-19(3)41)31(47-20(4)42)33(49-27)38-14-22(36-37-38)15-44-23-10-11-24-26(12-23)48-32(35)25(13-34)28(24)21-8-6-5-7-9-21/h5-12,14,27-31,33H,15-16,35H2,1-4H3/t27-,28?,29-,30+,31-,33-/m1/s1. The summed E-state index contributed by atoms with van der Waals surface area (Å²) in [4.78, 5) is 47.9. The van der Waals surface area contributed by atoms with E-state index in [0.29, 0.717) is 22.8 Å². The fourth-order valence-corrected chi connectivity index (χ4v) is 5.59. The number of aromatic nitrogens is 3. The van der Waals surface area contributed by atoms with Crippen molar-refractivity contribution in [3.63, 3.8) is 0 Å². The van der Waals surface area contributed by atoms with Crippen LogP contribution >= 0.6 is 0 Å². The molecule has 256 valence electrons. The van der Waals surface area contributed by atoms with Crippen molar-refractivity contribution in [2.75, 3.05) is 6.61 Å². The third-order valence-corrected chi connectivity index (χ3v) is 7.49. The van der Waals surface area contributed by atoms with Crippen LogP contribution in [-0.4, -0.2) is 69.9 Å². The van der Waals surface area contributed by atoms with Gasteiger partial charge in [-0.3, -0.25) is 19.2 Å². The van der Waals surface area contributed by atoms with Crippen LogP contribution < -0.4 is 15.2 Å². The van der Waals surface area contributed by atoms with Crippen LogP contribution in [-0.2, 0) is 49.5 Å². The summed E-state index contributed by atoms with van der Waals surface area (Å²) < 4.78 is 40.6. The van der Waals surface area contributed by atoms with E-state index in [9.17, 15) is 24.4 Å². The van der Waals surface area contributed by atoms with Crippen molar-refractivity contribution in [3.05, 3.63) is 83.0 Å². The highest BCUT2D eigenvalue weighted by Crippen LogP contribution is 2.43. The molecule has 2 aliphatic rings. The summed E-state index contributed by atoms with van der Waals surface area (Å²) in [6, 6.07) is 16.8. The number of esters is 4. The van der Waals surface area contributed by atoms with E-state index in [1.165, 1.54) is 17.8 Å². The first-order valence-corrected chi connectivity index (χ1v) is 15.1. The van der Waals surface area contributed by atoms with Crippen LogP contribution in [0, 0.1) is 11.3 Å². The van der Waals surface area contributed by atoms with Crippen molar-refractivity contribution in [3.8, 4) is 17.6 Å². The molecule has 1 unspecified atom stereocenters. The number of fused-ring (bicyclic) bond motifs is 1. The molecule has 6 atom stereocenters. The largest absolute Gasteiger partial charge is 0.487 e. The van der Waals surface area contributed by atoms with Gasteiger partial charge in [-0.1, -0.05) is 41.6 Å². The number of benzene rings is 2. The highest BCUT2D eigenvalue weighted by atomic mass is 16.7. The molecule has 1 aromatic heterocycles. The van der Waals surface area contributed by atoms with Gasteiger partial charge in [0.05, 0.1) is 12.1 Å². The van der Waals surface area contributed by atoms with E-state index in [1.807, 2.05) is 30.3 Å². The summed E-state index contributed by atoms with van der Waals surface area (Å²) in [5.74, 6) is -2.50. The van der Waals surface area contributed by atoms with Crippen molar-refractivity contribution >= 4 is 23.9 Å². The van der Waals surface area contributed by atoms with Crippen molar-refractivity contribution in [2.45, 2.75) is 70.9 Å². The molecule has 1 saturated heterocycles. The number of hydrogen-bond acceptors (Lipinski definition) is 15. The summed E-state index contributed by atoms with van der Waals surface area (Å²) in [6.45, 7) is 4.12. The Morgan fingerprint density at radius 2 is 1.59 bits per heavy atom. The molecular formula is C33H33N5O11. The minimum absolute atomic E-state index is 0.00577. The summed E-state index contributed by atoms with van der Waals surface area (Å²) in [7, 11) is 0. The number of rotatable bonds is 10. The molecule has 2 aliphatic heterocycles. The average Bonchev–Trinajstić information content (AvgIpc) is 3.52. The summed E-state index contributed by atoms with van der Waals surface area (Å²) in [6.07, 6.45) is -5.00. The Labute approximate surface area is 280 Å². The quantitative estimate of drug-likeness (QED) is 0.241. The van der Waals surface area contributed by atoms with Crippen LogP contribution in [0.2, 0.25) is 0 Å². The second-order valence-corrected chi connectivity index (χ2v) is 11.1.